The molecule has 2 rings (SSSR count). The number of rotatable bonds is 3. The summed E-state index contributed by atoms with van der Waals surface area (Å²) < 4.78 is 0. The molecule has 0 fully saturated rings. The first-order chi connectivity index (χ1) is 8.69. The predicted molar refractivity (Wildman–Crippen MR) is 73.0 cm³/mol. The molecule has 0 spiro atoms. The molecule has 0 aliphatic rings. The summed E-state index contributed by atoms with van der Waals surface area (Å²) in [5.74, 6) is 0.671. The third-order valence-electron chi connectivity index (χ3n) is 2.52. The topological polar surface area (TPSA) is 52.0 Å². The van der Waals surface area contributed by atoms with Gasteiger partial charge in [0.2, 0.25) is 0 Å². The van der Waals surface area contributed by atoms with Crippen molar-refractivity contribution in [3.8, 4) is 6.07 Å². The maximum Gasteiger partial charge on any atom is 0.131 e. The van der Waals surface area contributed by atoms with Crippen molar-refractivity contribution in [3.05, 3.63) is 48.2 Å². The lowest BCUT2D eigenvalue weighted by atomic mass is 10.2. The molecule has 0 amide bonds. The second kappa shape index (κ2) is 5.19. The molecule has 90 valence electrons. The van der Waals surface area contributed by atoms with Gasteiger partial charge in [0.05, 0.1) is 11.6 Å². The normalized spacial score (nSPS) is 9.61. The van der Waals surface area contributed by atoms with E-state index in [0.29, 0.717) is 11.4 Å². The molecule has 0 aliphatic carbocycles. The molecule has 1 heterocycles. The van der Waals surface area contributed by atoms with Crippen molar-refractivity contribution >= 4 is 17.2 Å². The van der Waals surface area contributed by atoms with Crippen LogP contribution in [0.2, 0.25) is 0 Å². The van der Waals surface area contributed by atoms with Crippen LogP contribution in [0, 0.1) is 11.3 Å². The Morgan fingerprint density at radius 2 is 2.06 bits per heavy atom. The van der Waals surface area contributed by atoms with Gasteiger partial charge in [0, 0.05) is 31.7 Å². The Morgan fingerprint density at radius 3 is 2.78 bits per heavy atom. The van der Waals surface area contributed by atoms with E-state index in [1.54, 1.807) is 18.3 Å². The van der Waals surface area contributed by atoms with Crippen LogP contribution in [-0.4, -0.2) is 19.1 Å². The van der Waals surface area contributed by atoms with Crippen molar-refractivity contribution in [2.45, 2.75) is 0 Å². The van der Waals surface area contributed by atoms with Gasteiger partial charge in [-0.05, 0) is 30.3 Å². The van der Waals surface area contributed by atoms with Crippen LogP contribution < -0.4 is 10.2 Å². The van der Waals surface area contributed by atoms with Crippen LogP contribution in [-0.2, 0) is 0 Å². The van der Waals surface area contributed by atoms with Gasteiger partial charge < -0.3 is 10.2 Å². The zero-order chi connectivity index (χ0) is 13.0. The second-order valence-electron chi connectivity index (χ2n) is 4.11. The standard InChI is InChI=1S/C14H14N4/c1-18(2)13-5-3-4-12(9-13)17-14-8-11(10-15)6-7-16-14/h3-9H,1-2H3,(H,16,17). The molecular formula is C14H14N4. The number of aromatic nitrogens is 1. The zero-order valence-corrected chi connectivity index (χ0v) is 10.4. The summed E-state index contributed by atoms with van der Waals surface area (Å²) in [5, 5.41) is 12.0. The Morgan fingerprint density at radius 1 is 1.22 bits per heavy atom. The molecule has 4 heteroatoms. The highest BCUT2D eigenvalue weighted by atomic mass is 15.1. The lowest BCUT2D eigenvalue weighted by Crippen LogP contribution is -2.08. The van der Waals surface area contributed by atoms with Gasteiger partial charge in [-0.1, -0.05) is 6.07 Å². The van der Waals surface area contributed by atoms with Crippen molar-refractivity contribution in [2.24, 2.45) is 0 Å². The number of anilines is 3. The number of pyridine rings is 1. The van der Waals surface area contributed by atoms with E-state index in [2.05, 4.69) is 16.4 Å². The fraction of sp³-hybridized carbons (Fsp3) is 0.143. The van der Waals surface area contributed by atoms with Crippen LogP contribution in [0.1, 0.15) is 5.56 Å². The van der Waals surface area contributed by atoms with E-state index >= 15 is 0 Å². The van der Waals surface area contributed by atoms with Crippen LogP contribution in [0.5, 0.6) is 0 Å². The van der Waals surface area contributed by atoms with Crippen molar-refractivity contribution in [2.75, 3.05) is 24.3 Å². The SMILES string of the molecule is CN(C)c1cccc(Nc2cc(C#N)ccn2)c1. The number of hydrogen-bond acceptors (Lipinski definition) is 4. The summed E-state index contributed by atoms with van der Waals surface area (Å²) in [5.41, 5.74) is 2.65. The molecule has 0 atom stereocenters. The minimum atomic E-state index is 0.594. The molecular weight excluding hydrogens is 224 g/mol. The second-order valence-corrected chi connectivity index (χ2v) is 4.11. The third kappa shape index (κ3) is 2.77. The van der Waals surface area contributed by atoms with E-state index in [1.807, 2.05) is 43.3 Å². The van der Waals surface area contributed by atoms with Gasteiger partial charge >= 0.3 is 0 Å². The summed E-state index contributed by atoms with van der Waals surface area (Å²) in [6, 6.07) is 13.5. The van der Waals surface area contributed by atoms with E-state index in [-0.39, 0.29) is 0 Å². The number of benzene rings is 1. The van der Waals surface area contributed by atoms with Crippen molar-refractivity contribution in [1.29, 1.82) is 5.26 Å². The average molecular weight is 238 g/mol. The third-order valence-corrected chi connectivity index (χ3v) is 2.52. The quantitative estimate of drug-likeness (QED) is 0.893. The molecule has 1 aromatic carbocycles. The molecule has 0 saturated carbocycles. The molecule has 18 heavy (non-hydrogen) atoms. The number of nitriles is 1. The Balaban J connectivity index is 2.23. The molecule has 2 aromatic rings. The molecule has 1 N–H and O–H groups in total. The highest BCUT2D eigenvalue weighted by Crippen LogP contribution is 2.20. The summed E-state index contributed by atoms with van der Waals surface area (Å²) in [4.78, 5) is 6.21. The van der Waals surface area contributed by atoms with Crippen molar-refractivity contribution in [3.63, 3.8) is 0 Å². The summed E-state index contributed by atoms with van der Waals surface area (Å²) >= 11 is 0. The monoisotopic (exact) mass is 238 g/mol. The highest BCUT2D eigenvalue weighted by Gasteiger charge is 2.00. The van der Waals surface area contributed by atoms with E-state index in [1.165, 1.54) is 0 Å². The number of nitrogens with one attached hydrogen (secondary N) is 1. The Hall–Kier alpha value is -2.54. The lowest BCUT2D eigenvalue weighted by molar-refractivity contribution is 1.13. The van der Waals surface area contributed by atoms with E-state index in [4.69, 9.17) is 5.26 Å². The fourth-order valence-electron chi connectivity index (χ4n) is 1.58. The summed E-state index contributed by atoms with van der Waals surface area (Å²) in [6.07, 6.45) is 1.62. The van der Waals surface area contributed by atoms with Gasteiger partial charge in [-0.15, -0.1) is 0 Å². The van der Waals surface area contributed by atoms with Crippen molar-refractivity contribution in [1.82, 2.24) is 4.98 Å². The van der Waals surface area contributed by atoms with Gasteiger partial charge in [-0.25, -0.2) is 4.98 Å². The van der Waals surface area contributed by atoms with E-state index in [0.717, 1.165) is 11.4 Å². The zero-order valence-electron chi connectivity index (χ0n) is 10.4. The smallest absolute Gasteiger partial charge is 0.131 e. The number of hydrogen-bond donors (Lipinski definition) is 1. The minimum Gasteiger partial charge on any atom is -0.378 e. The lowest BCUT2D eigenvalue weighted by Gasteiger charge is -2.14. The molecule has 0 bridgehead atoms. The highest BCUT2D eigenvalue weighted by molar-refractivity contribution is 5.63. The Kier molecular flexibility index (Phi) is 3.44. The van der Waals surface area contributed by atoms with Crippen LogP contribution >= 0.6 is 0 Å². The van der Waals surface area contributed by atoms with Gasteiger partial charge in [-0.2, -0.15) is 5.26 Å². The molecule has 0 aliphatic heterocycles. The van der Waals surface area contributed by atoms with Gasteiger partial charge in [0.25, 0.3) is 0 Å². The first kappa shape index (κ1) is 11.9. The Bertz CT molecular complexity index is 584. The minimum absolute atomic E-state index is 0.594. The predicted octanol–water partition coefficient (Wildman–Crippen LogP) is 2.76. The maximum absolute atomic E-state index is 8.83. The van der Waals surface area contributed by atoms with E-state index < -0.39 is 0 Å². The molecule has 0 unspecified atom stereocenters. The molecule has 0 radical (unpaired) electrons. The van der Waals surface area contributed by atoms with Crippen molar-refractivity contribution < 1.29 is 0 Å². The average Bonchev–Trinajstić information content (AvgIpc) is 2.39. The van der Waals surface area contributed by atoms with E-state index in [9.17, 15) is 0 Å². The van der Waals surface area contributed by atoms with Crippen LogP contribution in [0.4, 0.5) is 17.2 Å². The van der Waals surface area contributed by atoms with Gasteiger partial charge in [0.1, 0.15) is 5.82 Å². The van der Waals surface area contributed by atoms with Gasteiger partial charge in [0.15, 0.2) is 0 Å². The van der Waals surface area contributed by atoms with Crippen LogP contribution in [0.15, 0.2) is 42.6 Å². The molecule has 0 saturated heterocycles. The molecule has 1 aromatic heterocycles. The summed E-state index contributed by atoms with van der Waals surface area (Å²) in [6.45, 7) is 0. The van der Waals surface area contributed by atoms with Gasteiger partial charge in [-0.3, -0.25) is 0 Å². The molecule has 4 nitrogen and oxygen atoms in total. The maximum atomic E-state index is 8.83. The van der Waals surface area contributed by atoms with Crippen LogP contribution in [0.3, 0.4) is 0 Å². The summed E-state index contributed by atoms with van der Waals surface area (Å²) in [7, 11) is 3.99. The fourth-order valence-corrected chi connectivity index (χ4v) is 1.58. The largest absolute Gasteiger partial charge is 0.378 e. The van der Waals surface area contributed by atoms with Crippen LogP contribution in [0.25, 0.3) is 0 Å². The first-order valence-corrected chi connectivity index (χ1v) is 5.59. The Labute approximate surface area is 107 Å². The number of nitrogens with zero attached hydrogens (tertiary/aromatic N) is 3. The first-order valence-electron chi connectivity index (χ1n) is 5.59.